The highest BCUT2D eigenvalue weighted by Gasteiger charge is 2.19. The molecule has 0 fully saturated rings. The Bertz CT molecular complexity index is 714. The van der Waals surface area contributed by atoms with Gasteiger partial charge in [-0.25, -0.2) is 0 Å². The van der Waals surface area contributed by atoms with E-state index in [1.54, 1.807) is 45.5 Å². The SMILES string of the molecule is COc1ccc(C(O)CN(C)C(=O)c2ccccc2C)cc1OC. The number of aliphatic hydroxyl groups excluding tert-OH is 1. The van der Waals surface area contributed by atoms with Gasteiger partial charge in [-0.1, -0.05) is 24.3 Å². The Balaban J connectivity index is 2.13. The van der Waals surface area contributed by atoms with Crippen LogP contribution >= 0.6 is 0 Å². The van der Waals surface area contributed by atoms with Gasteiger partial charge in [0.05, 0.1) is 26.9 Å². The summed E-state index contributed by atoms with van der Waals surface area (Å²) in [7, 11) is 4.78. The maximum absolute atomic E-state index is 12.5. The van der Waals surface area contributed by atoms with Gasteiger partial charge < -0.3 is 19.5 Å². The van der Waals surface area contributed by atoms with Crippen LogP contribution in [-0.4, -0.2) is 43.7 Å². The summed E-state index contributed by atoms with van der Waals surface area (Å²) in [6, 6.07) is 12.6. The van der Waals surface area contributed by atoms with E-state index in [-0.39, 0.29) is 12.5 Å². The van der Waals surface area contributed by atoms with Crippen molar-refractivity contribution in [1.29, 1.82) is 0 Å². The molecule has 24 heavy (non-hydrogen) atoms. The van der Waals surface area contributed by atoms with E-state index in [1.165, 1.54) is 4.90 Å². The lowest BCUT2D eigenvalue weighted by Crippen LogP contribution is -2.31. The molecule has 0 spiro atoms. The van der Waals surface area contributed by atoms with Crippen LogP contribution in [0.15, 0.2) is 42.5 Å². The molecule has 0 aromatic heterocycles. The maximum Gasteiger partial charge on any atom is 0.253 e. The third-order valence-corrected chi connectivity index (χ3v) is 3.96. The second kappa shape index (κ2) is 7.84. The van der Waals surface area contributed by atoms with Crippen LogP contribution in [0.4, 0.5) is 0 Å². The first-order valence-corrected chi connectivity index (χ1v) is 7.69. The number of amides is 1. The van der Waals surface area contributed by atoms with E-state index in [0.717, 1.165) is 5.56 Å². The standard InChI is InChI=1S/C19H23NO4/c1-13-7-5-6-8-15(13)19(22)20(2)12-16(21)14-9-10-17(23-3)18(11-14)24-4/h5-11,16,21H,12H2,1-4H3. The number of hydrogen-bond acceptors (Lipinski definition) is 4. The zero-order valence-electron chi connectivity index (χ0n) is 14.4. The molecule has 5 heteroatoms. The highest BCUT2D eigenvalue weighted by Crippen LogP contribution is 2.30. The van der Waals surface area contributed by atoms with E-state index in [2.05, 4.69) is 0 Å². The topological polar surface area (TPSA) is 59.0 Å². The van der Waals surface area contributed by atoms with Crippen molar-refractivity contribution in [2.75, 3.05) is 27.8 Å². The van der Waals surface area contributed by atoms with Crippen LogP contribution in [0.2, 0.25) is 0 Å². The molecule has 1 N–H and O–H groups in total. The van der Waals surface area contributed by atoms with E-state index < -0.39 is 6.10 Å². The van der Waals surface area contributed by atoms with Gasteiger partial charge >= 0.3 is 0 Å². The number of methoxy groups -OCH3 is 2. The largest absolute Gasteiger partial charge is 0.493 e. The predicted octanol–water partition coefficient (Wildman–Crippen LogP) is 2.82. The molecular formula is C19H23NO4. The van der Waals surface area contributed by atoms with E-state index >= 15 is 0 Å². The van der Waals surface area contributed by atoms with Gasteiger partial charge in [0, 0.05) is 12.6 Å². The van der Waals surface area contributed by atoms with Crippen molar-refractivity contribution >= 4 is 5.91 Å². The molecule has 0 bridgehead atoms. The van der Waals surface area contributed by atoms with E-state index in [4.69, 9.17) is 9.47 Å². The van der Waals surface area contributed by atoms with Crippen molar-refractivity contribution in [3.63, 3.8) is 0 Å². The van der Waals surface area contributed by atoms with Gasteiger partial charge in [0.25, 0.3) is 5.91 Å². The Morgan fingerprint density at radius 2 is 1.79 bits per heavy atom. The highest BCUT2D eigenvalue weighted by molar-refractivity contribution is 5.95. The second-order valence-corrected chi connectivity index (χ2v) is 5.63. The van der Waals surface area contributed by atoms with Gasteiger partial charge in [0.15, 0.2) is 11.5 Å². The van der Waals surface area contributed by atoms with Crippen molar-refractivity contribution < 1.29 is 19.4 Å². The van der Waals surface area contributed by atoms with Crippen molar-refractivity contribution in [2.45, 2.75) is 13.0 Å². The minimum atomic E-state index is -0.817. The Morgan fingerprint density at radius 1 is 1.12 bits per heavy atom. The van der Waals surface area contributed by atoms with Crippen molar-refractivity contribution in [1.82, 2.24) is 4.90 Å². The van der Waals surface area contributed by atoms with Gasteiger partial charge in [-0.05, 0) is 36.2 Å². The minimum absolute atomic E-state index is 0.118. The molecule has 0 radical (unpaired) electrons. The van der Waals surface area contributed by atoms with Crippen LogP contribution in [-0.2, 0) is 0 Å². The molecule has 1 unspecified atom stereocenters. The summed E-state index contributed by atoms with van der Waals surface area (Å²) >= 11 is 0. The molecule has 0 heterocycles. The van der Waals surface area contributed by atoms with Gasteiger partial charge in [-0.15, -0.1) is 0 Å². The van der Waals surface area contributed by atoms with Gasteiger partial charge in [-0.2, -0.15) is 0 Å². The van der Waals surface area contributed by atoms with Crippen LogP contribution < -0.4 is 9.47 Å². The van der Waals surface area contributed by atoms with Gasteiger partial charge in [0.2, 0.25) is 0 Å². The fourth-order valence-electron chi connectivity index (χ4n) is 2.53. The Morgan fingerprint density at radius 3 is 2.42 bits per heavy atom. The quantitative estimate of drug-likeness (QED) is 0.885. The number of carbonyl (C=O) groups excluding carboxylic acids is 1. The van der Waals surface area contributed by atoms with Crippen LogP contribution in [0.5, 0.6) is 11.5 Å². The molecule has 0 aliphatic heterocycles. The molecule has 0 saturated carbocycles. The first kappa shape index (κ1) is 17.8. The van der Waals surface area contributed by atoms with Crippen LogP contribution in [0.25, 0.3) is 0 Å². The predicted molar refractivity (Wildman–Crippen MR) is 92.6 cm³/mol. The average molecular weight is 329 g/mol. The summed E-state index contributed by atoms with van der Waals surface area (Å²) < 4.78 is 10.4. The molecule has 2 aromatic carbocycles. The number of likely N-dealkylation sites (N-methyl/N-ethyl adjacent to an activating group) is 1. The van der Waals surface area contributed by atoms with Crippen LogP contribution in [0, 0.1) is 6.92 Å². The molecule has 0 saturated heterocycles. The van der Waals surface area contributed by atoms with Crippen molar-refractivity contribution in [3.8, 4) is 11.5 Å². The third kappa shape index (κ3) is 3.86. The number of aliphatic hydroxyl groups is 1. The average Bonchev–Trinajstić information content (AvgIpc) is 2.60. The molecule has 0 aliphatic rings. The summed E-state index contributed by atoms with van der Waals surface area (Å²) in [6.45, 7) is 2.08. The molecular weight excluding hydrogens is 306 g/mol. The molecule has 0 aliphatic carbocycles. The minimum Gasteiger partial charge on any atom is -0.493 e. The third-order valence-electron chi connectivity index (χ3n) is 3.96. The molecule has 2 aromatic rings. The lowest BCUT2D eigenvalue weighted by molar-refractivity contribution is 0.0680. The van der Waals surface area contributed by atoms with Gasteiger partial charge in [0.1, 0.15) is 0 Å². The summed E-state index contributed by atoms with van der Waals surface area (Å²) in [5, 5.41) is 10.4. The van der Waals surface area contributed by atoms with Crippen molar-refractivity contribution in [3.05, 3.63) is 59.2 Å². The summed E-state index contributed by atoms with van der Waals surface area (Å²) in [5.41, 5.74) is 2.21. The van der Waals surface area contributed by atoms with Crippen molar-refractivity contribution in [2.24, 2.45) is 0 Å². The first-order chi connectivity index (χ1) is 11.5. The molecule has 5 nitrogen and oxygen atoms in total. The van der Waals surface area contributed by atoms with E-state index in [9.17, 15) is 9.90 Å². The fourth-order valence-corrected chi connectivity index (χ4v) is 2.53. The smallest absolute Gasteiger partial charge is 0.253 e. The Labute approximate surface area is 142 Å². The number of benzene rings is 2. The number of aryl methyl sites for hydroxylation is 1. The number of hydrogen-bond donors (Lipinski definition) is 1. The molecule has 128 valence electrons. The van der Waals surface area contributed by atoms with E-state index in [0.29, 0.717) is 22.6 Å². The number of carbonyl (C=O) groups is 1. The first-order valence-electron chi connectivity index (χ1n) is 7.69. The second-order valence-electron chi connectivity index (χ2n) is 5.63. The zero-order chi connectivity index (χ0) is 17.7. The highest BCUT2D eigenvalue weighted by atomic mass is 16.5. The Kier molecular flexibility index (Phi) is 5.82. The summed E-state index contributed by atoms with van der Waals surface area (Å²) in [6.07, 6.45) is -0.817. The molecule has 1 amide bonds. The molecule has 2 rings (SSSR count). The Hall–Kier alpha value is -2.53. The normalized spacial score (nSPS) is 11.7. The number of nitrogens with zero attached hydrogens (tertiary/aromatic N) is 1. The summed E-state index contributed by atoms with van der Waals surface area (Å²) in [5.74, 6) is 1.02. The lowest BCUT2D eigenvalue weighted by Gasteiger charge is -2.22. The summed E-state index contributed by atoms with van der Waals surface area (Å²) in [4.78, 5) is 14.0. The van der Waals surface area contributed by atoms with Gasteiger partial charge in [-0.3, -0.25) is 4.79 Å². The lowest BCUT2D eigenvalue weighted by atomic mass is 10.1. The van der Waals surface area contributed by atoms with E-state index in [1.807, 2.05) is 25.1 Å². The fraction of sp³-hybridized carbons (Fsp3) is 0.316. The van der Waals surface area contributed by atoms with Crippen LogP contribution in [0.1, 0.15) is 27.6 Å². The van der Waals surface area contributed by atoms with Crippen LogP contribution in [0.3, 0.4) is 0 Å². The number of rotatable bonds is 6. The zero-order valence-corrected chi connectivity index (χ0v) is 14.4. The maximum atomic E-state index is 12.5. The number of ether oxygens (including phenoxy) is 2. The monoisotopic (exact) mass is 329 g/mol. The molecule has 1 atom stereocenters.